The van der Waals surface area contributed by atoms with Crippen LogP contribution < -0.4 is 11.1 Å². The van der Waals surface area contributed by atoms with Gasteiger partial charge in [0.2, 0.25) is 0 Å². The number of amides is 2. The fourth-order valence-electron chi connectivity index (χ4n) is 2.11. The number of nitrogens with zero attached hydrogens (tertiary/aromatic N) is 1. The molecule has 1 atom stereocenters. The summed E-state index contributed by atoms with van der Waals surface area (Å²) in [6.45, 7) is 2.64. The van der Waals surface area contributed by atoms with E-state index in [1.54, 1.807) is 29.2 Å². The van der Waals surface area contributed by atoms with Gasteiger partial charge < -0.3 is 21.1 Å². The minimum Gasteiger partial charge on any atom is -0.508 e. The number of phenolic OH excluding ortho intramolecular Hbond substituents is 1. The zero-order chi connectivity index (χ0) is 13.0. The van der Waals surface area contributed by atoms with E-state index >= 15 is 0 Å². The zero-order valence-electron chi connectivity index (χ0n) is 10.3. The molecule has 5 heteroatoms. The lowest BCUT2D eigenvalue weighted by molar-refractivity contribution is 0.207. The molecule has 1 aromatic carbocycles. The molecule has 2 rings (SSSR count). The van der Waals surface area contributed by atoms with Gasteiger partial charge in [-0.25, -0.2) is 4.79 Å². The van der Waals surface area contributed by atoms with Crippen LogP contribution in [0, 0.1) is 5.92 Å². The van der Waals surface area contributed by atoms with Gasteiger partial charge in [-0.1, -0.05) is 12.1 Å². The highest BCUT2D eigenvalue weighted by Gasteiger charge is 2.24. The molecule has 0 unspecified atom stereocenters. The number of hydrogen-bond acceptors (Lipinski definition) is 3. The molecular weight excluding hydrogens is 230 g/mol. The van der Waals surface area contributed by atoms with Gasteiger partial charge in [-0.3, -0.25) is 0 Å². The largest absolute Gasteiger partial charge is 0.508 e. The summed E-state index contributed by atoms with van der Waals surface area (Å²) in [4.78, 5) is 13.7. The van der Waals surface area contributed by atoms with E-state index in [1.807, 2.05) is 0 Å². The number of phenols is 1. The molecule has 5 nitrogen and oxygen atoms in total. The van der Waals surface area contributed by atoms with Crippen LogP contribution in [-0.4, -0.2) is 35.7 Å². The third-order valence-electron chi connectivity index (χ3n) is 3.29. The van der Waals surface area contributed by atoms with Crippen molar-refractivity contribution in [2.75, 3.05) is 19.6 Å². The minimum atomic E-state index is -0.0426. The van der Waals surface area contributed by atoms with Crippen LogP contribution in [0.5, 0.6) is 5.75 Å². The monoisotopic (exact) mass is 249 g/mol. The fraction of sp³-hybridized carbons (Fsp3) is 0.462. The molecular formula is C13H19N3O2. The number of aromatic hydroxyl groups is 1. The molecule has 1 fully saturated rings. The molecule has 0 saturated carbocycles. The van der Waals surface area contributed by atoms with Gasteiger partial charge in [0.25, 0.3) is 0 Å². The number of hydrogen-bond donors (Lipinski definition) is 3. The lowest BCUT2D eigenvalue weighted by atomic mass is 10.1. The van der Waals surface area contributed by atoms with Crippen LogP contribution in [0.3, 0.4) is 0 Å². The maximum Gasteiger partial charge on any atom is 0.317 e. The Morgan fingerprint density at radius 3 is 2.78 bits per heavy atom. The predicted molar refractivity (Wildman–Crippen MR) is 69.1 cm³/mol. The van der Waals surface area contributed by atoms with Crippen molar-refractivity contribution in [2.24, 2.45) is 11.7 Å². The number of carbonyl (C=O) groups excluding carboxylic acids is 1. The Bertz CT molecular complexity index is 405. The van der Waals surface area contributed by atoms with E-state index in [0.717, 1.165) is 25.1 Å². The average Bonchev–Trinajstić information content (AvgIpc) is 2.86. The van der Waals surface area contributed by atoms with Gasteiger partial charge in [0, 0.05) is 19.6 Å². The highest BCUT2D eigenvalue weighted by molar-refractivity contribution is 5.74. The molecule has 0 aliphatic carbocycles. The van der Waals surface area contributed by atoms with Crippen LogP contribution in [0.25, 0.3) is 0 Å². The van der Waals surface area contributed by atoms with E-state index in [4.69, 9.17) is 10.8 Å². The molecule has 1 aliphatic heterocycles. The van der Waals surface area contributed by atoms with E-state index in [1.165, 1.54) is 0 Å². The van der Waals surface area contributed by atoms with Gasteiger partial charge >= 0.3 is 6.03 Å². The summed E-state index contributed by atoms with van der Waals surface area (Å²) in [6, 6.07) is 6.77. The third-order valence-corrected chi connectivity index (χ3v) is 3.29. The van der Waals surface area contributed by atoms with Gasteiger partial charge in [0.1, 0.15) is 5.75 Å². The first-order chi connectivity index (χ1) is 8.69. The Labute approximate surface area is 107 Å². The normalized spacial score (nSPS) is 18.9. The van der Waals surface area contributed by atoms with Gasteiger partial charge in [0.05, 0.1) is 0 Å². The number of nitrogens with two attached hydrogens (primary N) is 1. The molecule has 1 heterocycles. The van der Waals surface area contributed by atoms with Crippen molar-refractivity contribution in [3.63, 3.8) is 0 Å². The number of urea groups is 1. The number of carbonyl (C=O) groups is 1. The standard InChI is InChI=1S/C13H19N3O2/c14-7-11-5-6-16(9-11)13(18)15-8-10-1-3-12(17)4-2-10/h1-4,11,17H,5-9,14H2,(H,15,18)/t11-/m0/s1. The number of likely N-dealkylation sites (tertiary alicyclic amines) is 1. The van der Waals surface area contributed by atoms with E-state index in [-0.39, 0.29) is 11.8 Å². The average molecular weight is 249 g/mol. The van der Waals surface area contributed by atoms with Crippen molar-refractivity contribution >= 4 is 6.03 Å². The summed E-state index contributed by atoms with van der Waals surface area (Å²) in [5.74, 6) is 0.667. The Hall–Kier alpha value is -1.75. The summed E-state index contributed by atoms with van der Waals surface area (Å²) in [6.07, 6.45) is 0.989. The van der Waals surface area contributed by atoms with E-state index < -0.39 is 0 Å². The maximum absolute atomic E-state index is 11.9. The fourth-order valence-corrected chi connectivity index (χ4v) is 2.11. The smallest absolute Gasteiger partial charge is 0.317 e. The topological polar surface area (TPSA) is 78.6 Å². The van der Waals surface area contributed by atoms with E-state index in [2.05, 4.69) is 5.32 Å². The van der Waals surface area contributed by atoms with Crippen LogP contribution in [-0.2, 0) is 6.54 Å². The highest BCUT2D eigenvalue weighted by atomic mass is 16.3. The highest BCUT2D eigenvalue weighted by Crippen LogP contribution is 2.15. The molecule has 0 spiro atoms. The van der Waals surface area contributed by atoms with Crippen molar-refractivity contribution in [2.45, 2.75) is 13.0 Å². The van der Waals surface area contributed by atoms with Crippen molar-refractivity contribution in [3.05, 3.63) is 29.8 Å². The minimum absolute atomic E-state index is 0.0426. The second-order valence-electron chi connectivity index (χ2n) is 4.66. The molecule has 4 N–H and O–H groups in total. The second-order valence-corrected chi connectivity index (χ2v) is 4.66. The Balaban J connectivity index is 1.80. The number of nitrogens with one attached hydrogen (secondary N) is 1. The maximum atomic E-state index is 11.9. The lowest BCUT2D eigenvalue weighted by Crippen LogP contribution is -2.38. The third kappa shape index (κ3) is 3.13. The second kappa shape index (κ2) is 5.73. The van der Waals surface area contributed by atoms with Crippen LogP contribution in [0.15, 0.2) is 24.3 Å². The van der Waals surface area contributed by atoms with Crippen LogP contribution in [0.2, 0.25) is 0 Å². The van der Waals surface area contributed by atoms with Gasteiger partial charge in [0.15, 0.2) is 0 Å². The molecule has 1 saturated heterocycles. The van der Waals surface area contributed by atoms with Crippen LogP contribution >= 0.6 is 0 Å². The van der Waals surface area contributed by atoms with Gasteiger partial charge in [-0.05, 0) is 36.6 Å². The zero-order valence-corrected chi connectivity index (χ0v) is 10.3. The van der Waals surface area contributed by atoms with Gasteiger partial charge in [-0.2, -0.15) is 0 Å². The van der Waals surface area contributed by atoms with Crippen molar-refractivity contribution in [1.82, 2.24) is 10.2 Å². The van der Waals surface area contributed by atoms with Crippen molar-refractivity contribution in [3.8, 4) is 5.75 Å². The summed E-state index contributed by atoms with van der Waals surface area (Å²) >= 11 is 0. The molecule has 98 valence electrons. The first-order valence-electron chi connectivity index (χ1n) is 6.20. The number of rotatable bonds is 3. The molecule has 2 amide bonds. The summed E-state index contributed by atoms with van der Waals surface area (Å²) in [5, 5.41) is 12.0. The van der Waals surface area contributed by atoms with Crippen molar-refractivity contribution < 1.29 is 9.90 Å². The quantitative estimate of drug-likeness (QED) is 0.744. The van der Waals surface area contributed by atoms with Crippen LogP contribution in [0.4, 0.5) is 4.79 Å². The van der Waals surface area contributed by atoms with E-state index in [9.17, 15) is 4.79 Å². The lowest BCUT2D eigenvalue weighted by Gasteiger charge is -2.17. The molecule has 1 aliphatic rings. The Kier molecular flexibility index (Phi) is 4.04. The summed E-state index contributed by atoms with van der Waals surface area (Å²) in [7, 11) is 0. The first kappa shape index (κ1) is 12.7. The summed E-state index contributed by atoms with van der Waals surface area (Å²) in [5.41, 5.74) is 6.56. The van der Waals surface area contributed by atoms with E-state index in [0.29, 0.717) is 19.0 Å². The molecule has 0 radical (unpaired) electrons. The molecule has 0 bridgehead atoms. The first-order valence-corrected chi connectivity index (χ1v) is 6.20. The van der Waals surface area contributed by atoms with Gasteiger partial charge in [-0.15, -0.1) is 0 Å². The molecule has 1 aromatic rings. The summed E-state index contributed by atoms with van der Waals surface area (Å²) < 4.78 is 0. The van der Waals surface area contributed by atoms with Crippen LogP contribution in [0.1, 0.15) is 12.0 Å². The predicted octanol–water partition coefficient (Wildman–Crippen LogP) is 0.882. The molecule has 0 aromatic heterocycles. The molecule has 18 heavy (non-hydrogen) atoms. The Morgan fingerprint density at radius 2 is 2.17 bits per heavy atom. The number of benzene rings is 1. The van der Waals surface area contributed by atoms with Crippen molar-refractivity contribution in [1.29, 1.82) is 0 Å². The Morgan fingerprint density at radius 1 is 1.44 bits per heavy atom. The SMILES string of the molecule is NC[C@@H]1CCN(C(=O)NCc2ccc(O)cc2)C1.